The van der Waals surface area contributed by atoms with Crippen molar-refractivity contribution in [2.45, 2.75) is 13.5 Å². The van der Waals surface area contributed by atoms with Crippen molar-refractivity contribution in [3.8, 4) is 0 Å². The van der Waals surface area contributed by atoms with E-state index in [0.29, 0.717) is 22.6 Å². The molecule has 112 valence electrons. The highest BCUT2D eigenvalue weighted by Gasteiger charge is 2.09. The van der Waals surface area contributed by atoms with Crippen LogP contribution < -0.4 is 16.8 Å². The Hall–Kier alpha value is -2.95. The van der Waals surface area contributed by atoms with Crippen molar-refractivity contribution < 1.29 is 4.79 Å². The number of hydrogen-bond acceptors (Lipinski definition) is 3. The number of nitrogens with one attached hydrogen (secondary N) is 1. The van der Waals surface area contributed by atoms with Crippen molar-refractivity contribution in [1.82, 2.24) is 4.57 Å². The van der Waals surface area contributed by atoms with Gasteiger partial charge in [0.05, 0.1) is 11.4 Å². The molecule has 1 heterocycles. The molecule has 1 amide bonds. The second-order valence-electron chi connectivity index (χ2n) is 5.17. The Bertz CT molecular complexity index is 851. The maximum atomic E-state index is 12.3. The van der Waals surface area contributed by atoms with Crippen LogP contribution in [0.5, 0.6) is 0 Å². The molecule has 5 heteroatoms. The number of fused-ring (bicyclic) bond motifs is 1. The third kappa shape index (κ3) is 2.48. The number of nitrogen functional groups attached to an aromatic ring is 2. The molecular weight excluding hydrogens is 276 g/mol. The first kappa shape index (κ1) is 14.0. The lowest BCUT2D eigenvalue weighted by Gasteiger charge is -2.08. The minimum absolute atomic E-state index is 0.171. The molecule has 3 rings (SSSR count). The van der Waals surface area contributed by atoms with Gasteiger partial charge in [0, 0.05) is 34.9 Å². The zero-order chi connectivity index (χ0) is 15.7. The zero-order valence-electron chi connectivity index (χ0n) is 12.3. The number of aromatic nitrogens is 1. The van der Waals surface area contributed by atoms with Crippen molar-refractivity contribution in [1.29, 1.82) is 0 Å². The van der Waals surface area contributed by atoms with Crippen molar-refractivity contribution in [2.24, 2.45) is 0 Å². The summed E-state index contributed by atoms with van der Waals surface area (Å²) in [5, 5.41) is 3.88. The number of amides is 1. The van der Waals surface area contributed by atoms with E-state index >= 15 is 0 Å². The van der Waals surface area contributed by atoms with Gasteiger partial charge in [0.25, 0.3) is 5.91 Å². The summed E-state index contributed by atoms with van der Waals surface area (Å²) in [6.45, 7) is 2.99. The van der Waals surface area contributed by atoms with Crippen LogP contribution in [0.2, 0.25) is 0 Å². The lowest BCUT2D eigenvalue weighted by atomic mass is 10.1. The van der Waals surface area contributed by atoms with E-state index in [1.54, 1.807) is 18.2 Å². The standard InChI is InChI=1S/C17H18N4O/c1-2-21-8-7-11-9-12(3-6-16(11)21)17(22)20-13-4-5-14(18)15(19)10-13/h3-10H,2,18-19H2,1H3,(H,20,22). The second-order valence-corrected chi connectivity index (χ2v) is 5.17. The SMILES string of the molecule is CCn1ccc2cc(C(=O)Nc3ccc(N)c(N)c3)ccc21. The second kappa shape index (κ2) is 5.44. The van der Waals surface area contributed by atoms with Gasteiger partial charge in [-0.3, -0.25) is 4.79 Å². The molecule has 0 saturated heterocycles. The maximum Gasteiger partial charge on any atom is 0.255 e. The Morgan fingerprint density at radius 1 is 1.09 bits per heavy atom. The highest BCUT2D eigenvalue weighted by atomic mass is 16.1. The Morgan fingerprint density at radius 2 is 1.91 bits per heavy atom. The van der Waals surface area contributed by atoms with E-state index in [1.165, 1.54) is 0 Å². The van der Waals surface area contributed by atoms with Crippen LogP contribution in [0.1, 0.15) is 17.3 Å². The molecule has 5 nitrogen and oxygen atoms in total. The fraction of sp³-hybridized carbons (Fsp3) is 0.118. The number of nitrogens with two attached hydrogens (primary N) is 2. The third-order valence-electron chi connectivity index (χ3n) is 3.72. The summed E-state index contributed by atoms with van der Waals surface area (Å²) in [5.41, 5.74) is 14.7. The first-order valence-electron chi connectivity index (χ1n) is 7.13. The topological polar surface area (TPSA) is 86.1 Å². The van der Waals surface area contributed by atoms with E-state index < -0.39 is 0 Å². The smallest absolute Gasteiger partial charge is 0.255 e. The van der Waals surface area contributed by atoms with E-state index in [9.17, 15) is 4.79 Å². The normalized spacial score (nSPS) is 10.8. The van der Waals surface area contributed by atoms with Gasteiger partial charge in [-0.15, -0.1) is 0 Å². The van der Waals surface area contributed by atoms with E-state index in [0.717, 1.165) is 17.4 Å². The van der Waals surface area contributed by atoms with Gasteiger partial charge in [-0.25, -0.2) is 0 Å². The van der Waals surface area contributed by atoms with Crippen molar-refractivity contribution in [2.75, 3.05) is 16.8 Å². The first-order valence-corrected chi connectivity index (χ1v) is 7.13. The molecule has 5 N–H and O–H groups in total. The fourth-order valence-corrected chi connectivity index (χ4v) is 2.47. The van der Waals surface area contributed by atoms with Crippen LogP contribution in [-0.2, 0) is 6.54 Å². The van der Waals surface area contributed by atoms with Gasteiger partial charge in [0.15, 0.2) is 0 Å². The number of anilines is 3. The highest BCUT2D eigenvalue weighted by molar-refractivity contribution is 6.06. The Kier molecular flexibility index (Phi) is 3.47. The van der Waals surface area contributed by atoms with E-state index in [4.69, 9.17) is 11.5 Å². The van der Waals surface area contributed by atoms with Crippen LogP contribution in [0, 0.1) is 0 Å². The molecule has 0 aliphatic heterocycles. The summed E-state index contributed by atoms with van der Waals surface area (Å²) in [6.07, 6.45) is 2.02. The van der Waals surface area contributed by atoms with Gasteiger partial charge < -0.3 is 21.4 Å². The number of aryl methyl sites for hydroxylation is 1. The van der Waals surface area contributed by atoms with E-state index in [-0.39, 0.29) is 5.91 Å². The number of rotatable bonds is 3. The fourth-order valence-electron chi connectivity index (χ4n) is 2.47. The molecule has 0 saturated carbocycles. The van der Waals surface area contributed by atoms with Gasteiger partial charge in [-0.2, -0.15) is 0 Å². The minimum atomic E-state index is -0.171. The van der Waals surface area contributed by atoms with Gasteiger partial charge in [0.2, 0.25) is 0 Å². The average molecular weight is 294 g/mol. The molecule has 2 aromatic carbocycles. The summed E-state index contributed by atoms with van der Waals surface area (Å²) in [5.74, 6) is -0.171. The molecule has 3 aromatic rings. The predicted octanol–water partition coefficient (Wildman–Crippen LogP) is 3.08. The van der Waals surface area contributed by atoms with Crippen molar-refractivity contribution in [3.63, 3.8) is 0 Å². The van der Waals surface area contributed by atoms with E-state index in [1.807, 2.05) is 30.5 Å². The van der Waals surface area contributed by atoms with Crippen LogP contribution in [0.3, 0.4) is 0 Å². The molecule has 0 unspecified atom stereocenters. The average Bonchev–Trinajstić information content (AvgIpc) is 2.93. The van der Waals surface area contributed by atoms with E-state index in [2.05, 4.69) is 16.8 Å². The predicted molar refractivity (Wildman–Crippen MR) is 90.8 cm³/mol. The Balaban J connectivity index is 1.86. The molecule has 0 radical (unpaired) electrons. The van der Waals surface area contributed by atoms with Crippen LogP contribution in [-0.4, -0.2) is 10.5 Å². The maximum absolute atomic E-state index is 12.3. The molecule has 0 bridgehead atoms. The molecule has 0 spiro atoms. The monoisotopic (exact) mass is 294 g/mol. The summed E-state index contributed by atoms with van der Waals surface area (Å²) in [7, 11) is 0. The zero-order valence-corrected chi connectivity index (χ0v) is 12.3. The van der Waals surface area contributed by atoms with Crippen LogP contribution in [0.25, 0.3) is 10.9 Å². The van der Waals surface area contributed by atoms with Crippen molar-refractivity contribution >= 4 is 33.9 Å². The number of benzene rings is 2. The molecule has 0 fully saturated rings. The minimum Gasteiger partial charge on any atom is -0.397 e. The largest absolute Gasteiger partial charge is 0.397 e. The first-order chi connectivity index (χ1) is 10.6. The molecule has 0 aliphatic carbocycles. The van der Waals surface area contributed by atoms with Gasteiger partial charge in [-0.1, -0.05) is 0 Å². The van der Waals surface area contributed by atoms with Gasteiger partial charge in [0.1, 0.15) is 0 Å². The Morgan fingerprint density at radius 3 is 2.64 bits per heavy atom. The summed E-state index contributed by atoms with van der Waals surface area (Å²) in [4.78, 5) is 12.3. The lowest BCUT2D eigenvalue weighted by Crippen LogP contribution is -2.12. The van der Waals surface area contributed by atoms with Gasteiger partial charge >= 0.3 is 0 Å². The molecule has 1 aromatic heterocycles. The number of carbonyl (C=O) groups is 1. The Labute approximate surface area is 128 Å². The number of hydrogen-bond donors (Lipinski definition) is 3. The van der Waals surface area contributed by atoms with Crippen molar-refractivity contribution in [3.05, 3.63) is 54.2 Å². The highest BCUT2D eigenvalue weighted by Crippen LogP contribution is 2.21. The third-order valence-corrected chi connectivity index (χ3v) is 3.72. The number of carbonyl (C=O) groups excluding carboxylic acids is 1. The molecule has 22 heavy (non-hydrogen) atoms. The summed E-state index contributed by atoms with van der Waals surface area (Å²) < 4.78 is 2.14. The van der Waals surface area contributed by atoms with Crippen LogP contribution in [0.4, 0.5) is 17.1 Å². The van der Waals surface area contributed by atoms with Gasteiger partial charge in [-0.05, 0) is 49.4 Å². The van der Waals surface area contributed by atoms with Crippen LogP contribution in [0.15, 0.2) is 48.7 Å². The molecule has 0 aliphatic rings. The summed E-state index contributed by atoms with van der Waals surface area (Å²) in [6, 6.07) is 12.7. The molecular formula is C17H18N4O. The van der Waals surface area contributed by atoms with Crippen LogP contribution >= 0.6 is 0 Å². The quantitative estimate of drug-likeness (QED) is 0.649. The molecule has 0 atom stereocenters. The number of nitrogens with zero attached hydrogens (tertiary/aromatic N) is 1. The lowest BCUT2D eigenvalue weighted by molar-refractivity contribution is 0.102. The summed E-state index contributed by atoms with van der Waals surface area (Å²) >= 11 is 0.